The maximum atomic E-state index is 5.85. The average molecular weight is 320 g/mol. The first-order valence-electron chi connectivity index (χ1n) is 7.13. The molecule has 8 heteroatoms. The molecule has 2 aliphatic heterocycles. The van der Waals surface area contributed by atoms with E-state index in [1.165, 1.54) is 11.8 Å². The minimum Gasteiger partial charge on any atom is -0.376 e. The number of tetrazole rings is 1. The van der Waals surface area contributed by atoms with Gasteiger partial charge in [0.1, 0.15) is 24.4 Å². The lowest BCUT2D eigenvalue weighted by molar-refractivity contribution is -0.00928. The lowest BCUT2D eigenvalue weighted by Gasteiger charge is -2.16. The zero-order chi connectivity index (χ0) is 14.9. The largest absolute Gasteiger partial charge is 0.376 e. The Morgan fingerprint density at radius 1 is 1.18 bits per heavy atom. The van der Waals surface area contributed by atoms with Crippen molar-refractivity contribution < 1.29 is 14.2 Å². The van der Waals surface area contributed by atoms with Gasteiger partial charge in [0.05, 0.1) is 13.2 Å². The van der Waals surface area contributed by atoms with Gasteiger partial charge in [-0.3, -0.25) is 0 Å². The highest BCUT2D eigenvalue weighted by Gasteiger charge is 2.49. The van der Waals surface area contributed by atoms with Crippen molar-refractivity contribution in [2.75, 3.05) is 20.3 Å². The van der Waals surface area contributed by atoms with E-state index in [9.17, 15) is 0 Å². The fourth-order valence-electron chi connectivity index (χ4n) is 2.91. The van der Waals surface area contributed by atoms with Crippen LogP contribution in [-0.4, -0.2) is 58.8 Å². The number of nitrogens with zero attached hydrogens (tertiary/aromatic N) is 4. The van der Waals surface area contributed by atoms with Crippen LogP contribution in [0.1, 0.15) is 6.04 Å². The molecule has 3 heterocycles. The van der Waals surface area contributed by atoms with E-state index in [0.717, 1.165) is 10.1 Å². The number of benzene rings is 1. The predicted molar refractivity (Wildman–Crippen MR) is 77.7 cm³/mol. The first-order chi connectivity index (χ1) is 10.9. The van der Waals surface area contributed by atoms with Gasteiger partial charge in [0, 0.05) is 12.0 Å². The van der Waals surface area contributed by atoms with Crippen LogP contribution < -0.4 is 0 Å². The van der Waals surface area contributed by atoms with E-state index < -0.39 is 0 Å². The number of fused-ring (bicyclic) bond motifs is 1. The van der Waals surface area contributed by atoms with E-state index in [4.69, 9.17) is 14.2 Å². The Morgan fingerprint density at radius 2 is 2.00 bits per heavy atom. The summed E-state index contributed by atoms with van der Waals surface area (Å²) in [5, 5.41) is 12.8. The van der Waals surface area contributed by atoms with Crippen LogP contribution >= 0.6 is 11.8 Å². The SMILES string of the molecule is CO[C@@H]1COC2C1OC[C@@H]2n1nnnc1Sc1ccccc1. The molecule has 0 amide bonds. The van der Waals surface area contributed by atoms with Gasteiger partial charge in [0.25, 0.3) is 0 Å². The lowest BCUT2D eigenvalue weighted by Crippen LogP contribution is -2.31. The Hall–Kier alpha value is -1.48. The Morgan fingerprint density at radius 3 is 2.82 bits per heavy atom. The second-order valence-corrected chi connectivity index (χ2v) is 6.30. The predicted octanol–water partition coefficient (Wildman–Crippen LogP) is 1.18. The zero-order valence-electron chi connectivity index (χ0n) is 12.0. The van der Waals surface area contributed by atoms with Gasteiger partial charge >= 0.3 is 0 Å². The van der Waals surface area contributed by atoms with Gasteiger partial charge in [-0.15, -0.1) is 5.10 Å². The molecule has 2 fully saturated rings. The monoisotopic (exact) mass is 320 g/mol. The van der Waals surface area contributed by atoms with Crippen LogP contribution in [0.3, 0.4) is 0 Å². The Bertz CT molecular complexity index is 638. The molecule has 7 nitrogen and oxygen atoms in total. The molecule has 0 N–H and O–H groups in total. The first-order valence-corrected chi connectivity index (χ1v) is 7.95. The number of hydrogen-bond acceptors (Lipinski definition) is 7. The van der Waals surface area contributed by atoms with Crippen LogP contribution in [0.4, 0.5) is 0 Å². The summed E-state index contributed by atoms with van der Waals surface area (Å²) >= 11 is 1.53. The highest BCUT2D eigenvalue weighted by molar-refractivity contribution is 7.99. The van der Waals surface area contributed by atoms with E-state index in [1.54, 1.807) is 11.8 Å². The summed E-state index contributed by atoms with van der Waals surface area (Å²) in [6.07, 6.45) is -0.131. The number of rotatable bonds is 4. The van der Waals surface area contributed by atoms with Crippen LogP contribution in [0.15, 0.2) is 40.4 Å². The maximum absolute atomic E-state index is 5.85. The quantitative estimate of drug-likeness (QED) is 0.837. The summed E-state index contributed by atoms with van der Waals surface area (Å²) in [6, 6.07) is 10.0. The summed E-state index contributed by atoms with van der Waals surface area (Å²) in [5.74, 6) is 0. The van der Waals surface area contributed by atoms with Gasteiger partial charge in [-0.05, 0) is 34.3 Å². The Labute approximate surface area is 131 Å². The summed E-state index contributed by atoms with van der Waals surface area (Å²) in [7, 11) is 1.68. The minimum atomic E-state index is -0.0661. The highest BCUT2D eigenvalue weighted by atomic mass is 32.2. The van der Waals surface area contributed by atoms with E-state index in [-0.39, 0.29) is 24.4 Å². The van der Waals surface area contributed by atoms with Crippen molar-refractivity contribution in [3.63, 3.8) is 0 Å². The molecule has 1 aromatic heterocycles. The zero-order valence-corrected chi connectivity index (χ0v) is 12.8. The second kappa shape index (κ2) is 5.96. The molecule has 0 aliphatic carbocycles. The molecule has 4 rings (SSSR count). The molecule has 4 atom stereocenters. The number of methoxy groups -OCH3 is 1. The summed E-state index contributed by atoms with van der Waals surface area (Å²) in [4.78, 5) is 1.09. The van der Waals surface area contributed by atoms with Crippen LogP contribution in [-0.2, 0) is 14.2 Å². The van der Waals surface area contributed by atoms with Gasteiger partial charge in [-0.2, -0.15) is 0 Å². The van der Waals surface area contributed by atoms with Crippen LogP contribution in [0.2, 0.25) is 0 Å². The minimum absolute atomic E-state index is 0.0169. The second-order valence-electron chi connectivity index (χ2n) is 5.26. The molecule has 0 radical (unpaired) electrons. The fraction of sp³-hybridized carbons (Fsp3) is 0.500. The number of hydrogen-bond donors (Lipinski definition) is 0. The topological polar surface area (TPSA) is 71.3 Å². The fourth-order valence-corrected chi connectivity index (χ4v) is 3.76. The molecule has 0 bridgehead atoms. The normalized spacial score (nSPS) is 30.6. The van der Waals surface area contributed by atoms with Crippen molar-refractivity contribution in [1.29, 1.82) is 0 Å². The van der Waals surface area contributed by atoms with Crippen molar-refractivity contribution in [2.24, 2.45) is 0 Å². The third kappa shape index (κ3) is 2.41. The molecule has 1 aromatic carbocycles. The maximum Gasteiger partial charge on any atom is 0.214 e. The van der Waals surface area contributed by atoms with E-state index in [1.807, 2.05) is 30.3 Å². The van der Waals surface area contributed by atoms with Crippen LogP contribution in [0.5, 0.6) is 0 Å². The molecule has 116 valence electrons. The molecule has 0 saturated carbocycles. The van der Waals surface area contributed by atoms with E-state index in [0.29, 0.717) is 13.2 Å². The molecule has 2 aromatic rings. The highest BCUT2D eigenvalue weighted by Crippen LogP contribution is 2.37. The van der Waals surface area contributed by atoms with Crippen molar-refractivity contribution in [3.8, 4) is 0 Å². The number of ether oxygens (including phenoxy) is 3. The lowest BCUT2D eigenvalue weighted by atomic mass is 10.1. The van der Waals surface area contributed by atoms with Crippen molar-refractivity contribution in [3.05, 3.63) is 30.3 Å². The van der Waals surface area contributed by atoms with E-state index in [2.05, 4.69) is 15.5 Å². The van der Waals surface area contributed by atoms with Crippen LogP contribution in [0.25, 0.3) is 0 Å². The van der Waals surface area contributed by atoms with Gasteiger partial charge in [0.2, 0.25) is 5.16 Å². The van der Waals surface area contributed by atoms with Gasteiger partial charge in [0.15, 0.2) is 0 Å². The summed E-state index contributed by atoms with van der Waals surface area (Å²) in [6.45, 7) is 1.08. The van der Waals surface area contributed by atoms with Crippen molar-refractivity contribution >= 4 is 11.8 Å². The van der Waals surface area contributed by atoms with Crippen molar-refractivity contribution in [1.82, 2.24) is 20.2 Å². The molecule has 2 saturated heterocycles. The van der Waals surface area contributed by atoms with Crippen LogP contribution in [0, 0.1) is 0 Å². The summed E-state index contributed by atoms with van der Waals surface area (Å²) in [5.41, 5.74) is 0. The molecule has 0 spiro atoms. The molecule has 2 aliphatic rings. The molecule has 2 unspecified atom stereocenters. The third-order valence-electron chi connectivity index (χ3n) is 4.01. The smallest absolute Gasteiger partial charge is 0.214 e. The average Bonchev–Trinajstić information content (AvgIpc) is 3.24. The number of aromatic nitrogens is 4. The van der Waals surface area contributed by atoms with Gasteiger partial charge < -0.3 is 14.2 Å². The van der Waals surface area contributed by atoms with Gasteiger partial charge in [-0.1, -0.05) is 18.2 Å². The molecular formula is C14H16N4O3S. The van der Waals surface area contributed by atoms with E-state index >= 15 is 0 Å². The first kappa shape index (κ1) is 14.1. The third-order valence-corrected chi connectivity index (χ3v) is 4.97. The molecule has 22 heavy (non-hydrogen) atoms. The van der Waals surface area contributed by atoms with Crippen molar-refractivity contribution in [2.45, 2.75) is 34.4 Å². The summed E-state index contributed by atoms with van der Waals surface area (Å²) < 4.78 is 18.9. The Kier molecular flexibility index (Phi) is 3.83. The van der Waals surface area contributed by atoms with Gasteiger partial charge in [-0.25, -0.2) is 4.68 Å². The Balaban J connectivity index is 1.56. The standard InChI is InChI=1S/C14H16N4O3S/c1-19-11-8-21-12-10(7-20-13(11)12)18-14(15-16-17-18)22-9-5-3-2-4-6-9/h2-6,10-13H,7-8H2,1H3/t10-,11+,12?,13?/m0/s1. The molecular weight excluding hydrogens is 304 g/mol.